The number of hydrogen-bond donors (Lipinski definition) is 1. The van der Waals surface area contributed by atoms with Crippen molar-refractivity contribution < 1.29 is 14.3 Å². The van der Waals surface area contributed by atoms with Crippen LogP contribution in [-0.4, -0.2) is 46.5 Å². The number of carbonyl (C=O) groups is 2. The number of nitrogens with one attached hydrogen (secondary N) is 1. The van der Waals surface area contributed by atoms with Gasteiger partial charge in [-0.15, -0.1) is 0 Å². The summed E-state index contributed by atoms with van der Waals surface area (Å²) in [5, 5.41) is 3.08. The Hall–Kier alpha value is -3.35. The molecule has 7 nitrogen and oxygen atoms in total. The number of aryl methyl sites for hydroxylation is 1. The number of unbranched alkanes of at least 4 members (excludes halogenated alkanes) is 1. The largest absolute Gasteiger partial charge is 0.497 e. The second-order valence-electron chi connectivity index (χ2n) is 8.54. The topological polar surface area (TPSA) is 76.5 Å². The maximum Gasteiger partial charge on any atom is 0.226 e. The SMILES string of the molecule is CCCCN1C(=O)C[C@H](C(=O)NCCCn2cnc3ccccc32)[C@@H]1c1ccc(OC)cc1. The van der Waals surface area contributed by atoms with Crippen LogP contribution in [0.15, 0.2) is 54.9 Å². The molecule has 1 fully saturated rings. The predicted octanol–water partition coefficient (Wildman–Crippen LogP) is 3.94. The number of fused-ring (bicyclic) bond motifs is 1. The van der Waals surface area contributed by atoms with Crippen LogP contribution in [0.4, 0.5) is 0 Å². The summed E-state index contributed by atoms with van der Waals surface area (Å²) in [7, 11) is 1.63. The number of methoxy groups -OCH3 is 1. The molecule has 2 amide bonds. The van der Waals surface area contributed by atoms with Crippen molar-refractivity contribution >= 4 is 22.8 Å². The maximum absolute atomic E-state index is 13.2. The van der Waals surface area contributed by atoms with Crippen LogP contribution in [0.1, 0.15) is 44.2 Å². The van der Waals surface area contributed by atoms with Crippen LogP contribution in [0, 0.1) is 5.92 Å². The Morgan fingerprint density at radius 3 is 2.67 bits per heavy atom. The van der Waals surface area contributed by atoms with E-state index in [1.54, 1.807) is 7.11 Å². The zero-order valence-corrected chi connectivity index (χ0v) is 19.4. The van der Waals surface area contributed by atoms with Crippen LogP contribution >= 0.6 is 0 Å². The number of imidazole rings is 1. The van der Waals surface area contributed by atoms with Gasteiger partial charge in [0.05, 0.1) is 36.4 Å². The molecule has 1 N–H and O–H groups in total. The molecule has 1 aliphatic heterocycles. The van der Waals surface area contributed by atoms with Crippen molar-refractivity contribution in [1.82, 2.24) is 19.8 Å². The molecule has 2 heterocycles. The molecular weight excluding hydrogens is 416 g/mol. The Balaban J connectivity index is 1.41. The Bertz CT molecular complexity index is 1090. The molecule has 0 aliphatic carbocycles. The quantitative estimate of drug-likeness (QED) is 0.477. The van der Waals surface area contributed by atoms with E-state index in [-0.39, 0.29) is 24.3 Å². The van der Waals surface area contributed by atoms with Gasteiger partial charge in [0.2, 0.25) is 11.8 Å². The van der Waals surface area contributed by atoms with Crippen LogP contribution in [0.5, 0.6) is 5.75 Å². The van der Waals surface area contributed by atoms with Crippen molar-refractivity contribution in [3.05, 3.63) is 60.4 Å². The van der Waals surface area contributed by atoms with E-state index in [0.717, 1.165) is 48.2 Å². The second-order valence-corrected chi connectivity index (χ2v) is 8.54. The number of benzene rings is 2. The average molecular weight is 449 g/mol. The third-order valence-electron chi connectivity index (χ3n) is 6.38. The van der Waals surface area contributed by atoms with Crippen molar-refractivity contribution in [2.24, 2.45) is 5.92 Å². The number of nitrogens with zero attached hydrogens (tertiary/aromatic N) is 3. The summed E-state index contributed by atoms with van der Waals surface area (Å²) in [6.07, 6.45) is 4.80. The van der Waals surface area contributed by atoms with Crippen molar-refractivity contribution in [3.63, 3.8) is 0 Å². The highest BCUT2D eigenvalue weighted by atomic mass is 16.5. The second kappa shape index (κ2) is 10.5. The minimum absolute atomic E-state index is 0.0503. The lowest BCUT2D eigenvalue weighted by molar-refractivity contribution is -0.129. The van der Waals surface area contributed by atoms with E-state index in [0.29, 0.717) is 13.1 Å². The van der Waals surface area contributed by atoms with E-state index in [1.807, 2.05) is 53.7 Å². The van der Waals surface area contributed by atoms with Gasteiger partial charge in [-0.05, 0) is 42.7 Å². The molecule has 0 saturated carbocycles. The minimum atomic E-state index is -0.392. The van der Waals surface area contributed by atoms with Crippen molar-refractivity contribution in [1.29, 1.82) is 0 Å². The molecule has 0 unspecified atom stereocenters. The summed E-state index contributed by atoms with van der Waals surface area (Å²) >= 11 is 0. The van der Waals surface area contributed by atoms with E-state index in [2.05, 4.69) is 27.9 Å². The number of likely N-dealkylation sites (tertiary alicyclic amines) is 1. The smallest absolute Gasteiger partial charge is 0.226 e. The molecule has 2 atom stereocenters. The molecule has 2 aromatic carbocycles. The fourth-order valence-corrected chi connectivity index (χ4v) is 4.61. The van der Waals surface area contributed by atoms with E-state index >= 15 is 0 Å². The Morgan fingerprint density at radius 1 is 1.12 bits per heavy atom. The maximum atomic E-state index is 13.2. The van der Waals surface area contributed by atoms with E-state index < -0.39 is 5.92 Å². The van der Waals surface area contributed by atoms with Gasteiger partial charge >= 0.3 is 0 Å². The zero-order chi connectivity index (χ0) is 23.2. The Labute approximate surface area is 194 Å². The first-order valence-electron chi connectivity index (χ1n) is 11.7. The molecule has 0 bridgehead atoms. The molecule has 1 aromatic heterocycles. The number of aromatic nitrogens is 2. The van der Waals surface area contributed by atoms with E-state index in [9.17, 15) is 9.59 Å². The van der Waals surface area contributed by atoms with Crippen LogP contribution in [0.2, 0.25) is 0 Å². The standard InChI is InChI=1S/C26H32N4O3/c1-3-4-16-30-24(31)17-21(25(30)19-10-12-20(33-2)13-11-19)26(32)27-14-7-15-29-18-28-22-8-5-6-9-23(22)29/h5-6,8-13,18,21,25H,3-4,7,14-17H2,1-2H3,(H,27,32)/t21-,25-/m0/s1. The fourth-order valence-electron chi connectivity index (χ4n) is 4.61. The number of para-hydroxylation sites is 2. The number of ether oxygens (including phenoxy) is 1. The molecule has 0 radical (unpaired) electrons. The highest BCUT2D eigenvalue weighted by Crippen LogP contribution is 2.39. The van der Waals surface area contributed by atoms with Gasteiger partial charge in [0, 0.05) is 26.1 Å². The van der Waals surface area contributed by atoms with Crippen LogP contribution in [0.3, 0.4) is 0 Å². The Morgan fingerprint density at radius 2 is 1.91 bits per heavy atom. The van der Waals surface area contributed by atoms with Crippen molar-refractivity contribution in [3.8, 4) is 5.75 Å². The molecule has 7 heteroatoms. The molecule has 174 valence electrons. The van der Waals surface area contributed by atoms with Gasteiger partial charge in [-0.25, -0.2) is 4.98 Å². The van der Waals surface area contributed by atoms with Gasteiger partial charge < -0.3 is 19.5 Å². The molecule has 33 heavy (non-hydrogen) atoms. The number of rotatable bonds is 10. The first-order chi connectivity index (χ1) is 16.1. The summed E-state index contributed by atoms with van der Waals surface area (Å²) < 4.78 is 7.38. The molecule has 3 aromatic rings. The molecular formula is C26H32N4O3. The predicted molar refractivity (Wildman–Crippen MR) is 128 cm³/mol. The van der Waals surface area contributed by atoms with E-state index in [1.165, 1.54) is 0 Å². The highest BCUT2D eigenvalue weighted by Gasteiger charge is 2.43. The zero-order valence-electron chi connectivity index (χ0n) is 19.4. The molecule has 0 spiro atoms. The van der Waals surface area contributed by atoms with Crippen LogP contribution < -0.4 is 10.1 Å². The number of hydrogen-bond acceptors (Lipinski definition) is 4. The monoisotopic (exact) mass is 448 g/mol. The third-order valence-corrected chi connectivity index (χ3v) is 6.38. The van der Waals surface area contributed by atoms with Crippen molar-refractivity contribution in [2.75, 3.05) is 20.2 Å². The Kier molecular flexibility index (Phi) is 7.27. The minimum Gasteiger partial charge on any atom is -0.497 e. The average Bonchev–Trinajstić information content (AvgIpc) is 3.41. The number of carbonyl (C=O) groups excluding carboxylic acids is 2. The lowest BCUT2D eigenvalue weighted by atomic mass is 9.92. The van der Waals surface area contributed by atoms with Gasteiger partial charge in [0.25, 0.3) is 0 Å². The first kappa shape index (κ1) is 22.8. The summed E-state index contributed by atoms with van der Waals surface area (Å²) in [6.45, 7) is 4.11. The number of amides is 2. The summed E-state index contributed by atoms with van der Waals surface area (Å²) in [5.41, 5.74) is 3.04. The fraction of sp³-hybridized carbons (Fsp3) is 0.423. The van der Waals surface area contributed by atoms with Crippen molar-refractivity contribution in [2.45, 2.75) is 45.2 Å². The lowest BCUT2D eigenvalue weighted by Gasteiger charge is -2.28. The molecule has 4 rings (SSSR count). The van der Waals surface area contributed by atoms with Gasteiger partial charge in [0.15, 0.2) is 0 Å². The van der Waals surface area contributed by atoms with Gasteiger partial charge in [-0.2, -0.15) is 0 Å². The third kappa shape index (κ3) is 5.02. The van der Waals surface area contributed by atoms with Gasteiger partial charge in [-0.3, -0.25) is 9.59 Å². The lowest BCUT2D eigenvalue weighted by Crippen LogP contribution is -2.36. The molecule has 1 aliphatic rings. The van der Waals surface area contributed by atoms with Crippen LogP contribution in [-0.2, 0) is 16.1 Å². The normalized spacial score (nSPS) is 18.1. The first-order valence-corrected chi connectivity index (χ1v) is 11.7. The van der Waals surface area contributed by atoms with Crippen LogP contribution in [0.25, 0.3) is 11.0 Å². The molecule has 1 saturated heterocycles. The van der Waals surface area contributed by atoms with Gasteiger partial charge in [-0.1, -0.05) is 37.6 Å². The van der Waals surface area contributed by atoms with E-state index in [4.69, 9.17) is 4.74 Å². The highest BCUT2D eigenvalue weighted by molar-refractivity contribution is 5.90. The summed E-state index contributed by atoms with van der Waals surface area (Å²) in [6, 6.07) is 15.5. The van der Waals surface area contributed by atoms with Gasteiger partial charge in [0.1, 0.15) is 5.75 Å². The summed E-state index contributed by atoms with van der Waals surface area (Å²) in [4.78, 5) is 32.3. The summed E-state index contributed by atoms with van der Waals surface area (Å²) in [5.74, 6) is 0.362.